The molecule has 0 saturated carbocycles. The Morgan fingerprint density at radius 2 is 2.12 bits per heavy atom. The molecule has 16 heavy (non-hydrogen) atoms. The summed E-state index contributed by atoms with van der Waals surface area (Å²) in [7, 11) is 0. The highest BCUT2D eigenvalue weighted by molar-refractivity contribution is 7.98. The standard InChI is InChI=1S/C10H15NO4S/c1-3-15-10(12)7-4-5-9(16-2)8(6-7)11(13)14/h4-6,10,12-14H,3H2,1-2H3. The van der Waals surface area contributed by atoms with Gasteiger partial charge in [0.2, 0.25) is 0 Å². The van der Waals surface area contributed by atoms with Gasteiger partial charge in [0.25, 0.3) is 0 Å². The summed E-state index contributed by atoms with van der Waals surface area (Å²) in [6.45, 7) is 2.15. The Kier molecular flexibility index (Phi) is 5.04. The van der Waals surface area contributed by atoms with Crippen LogP contribution >= 0.6 is 11.8 Å². The molecule has 0 aliphatic rings. The second-order valence-electron chi connectivity index (χ2n) is 3.03. The Morgan fingerprint density at radius 1 is 1.44 bits per heavy atom. The molecule has 0 amide bonds. The Morgan fingerprint density at radius 3 is 2.62 bits per heavy atom. The van der Waals surface area contributed by atoms with Crippen LogP contribution in [0.1, 0.15) is 18.8 Å². The van der Waals surface area contributed by atoms with Crippen LogP contribution in [0.4, 0.5) is 5.69 Å². The summed E-state index contributed by atoms with van der Waals surface area (Å²) in [6.07, 6.45) is 0.764. The van der Waals surface area contributed by atoms with Crippen LogP contribution in [0, 0.1) is 0 Å². The van der Waals surface area contributed by atoms with Gasteiger partial charge in [0.1, 0.15) is 5.69 Å². The Labute approximate surface area is 98.2 Å². The molecule has 1 unspecified atom stereocenters. The number of ether oxygens (including phenoxy) is 1. The van der Waals surface area contributed by atoms with Crippen molar-refractivity contribution in [2.45, 2.75) is 18.1 Å². The summed E-state index contributed by atoms with van der Waals surface area (Å²) >= 11 is 1.37. The van der Waals surface area contributed by atoms with E-state index in [1.54, 1.807) is 19.1 Å². The molecule has 0 spiro atoms. The lowest BCUT2D eigenvalue weighted by Crippen LogP contribution is -2.13. The lowest BCUT2D eigenvalue weighted by Gasteiger charge is -2.16. The number of aliphatic hydroxyl groups is 1. The number of hydrogen-bond acceptors (Lipinski definition) is 6. The van der Waals surface area contributed by atoms with Crippen molar-refractivity contribution in [1.29, 1.82) is 0 Å². The maximum absolute atomic E-state index is 9.58. The van der Waals surface area contributed by atoms with Crippen molar-refractivity contribution in [2.24, 2.45) is 0 Å². The molecule has 0 aliphatic carbocycles. The van der Waals surface area contributed by atoms with Gasteiger partial charge >= 0.3 is 0 Å². The molecule has 0 bridgehead atoms. The van der Waals surface area contributed by atoms with Crippen LogP contribution in [0.5, 0.6) is 0 Å². The highest BCUT2D eigenvalue weighted by atomic mass is 32.2. The SMILES string of the molecule is CCOC(O)c1ccc(SC)c(N(O)O)c1. The average molecular weight is 245 g/mol. The summed E-state index contributed by atoms with van der Waals surface area (Å²) < 4.78 is 5.00. The summed E-state index contributed by atoms with van der Waals surface area (Å²) in [6, 6.07) is 4.84. The van der Waals surface area contributed by atoms with Crippen molar-refractivity contribution in [2.75, 3.05) is 18.1 Å². The highest BCUT2D eigenvalue weighted by Crippen LogP contribution is 2.30. The van der Waals surface area contributed by atoms with Crippen molar-refractivity contribution in [3.63, 3.8) is 0 Å². The lowest BCUT2D eigenvalue weighted by molar-refractivity contribution is -0.0980. The first kappa shape index (κ1) is 13.3. The maximum Gasteiger partial charge on any atom is 0.181 e. The van der Waals surface area contributed by atoms with E-state index in [2.05, 4.69) is 0 Å². The van der Waals surface area contributed by atoms with E-state index >= 15 is 0 Å². The van der Waals surface area contributed by atoms with E-state index in [1.165, 1.54) is 17.8 Å². The molecule has 3 N–H and O–H groups in total. The van der Waals surface area contributed by atoms with Gasteiger partial charge in [-0.25, -0.2) is 0 Å². The van der Waals surface area contributed by atoms with Gasteiger partial charge in [-0.3, -0.25) is 10.4 Å². The zero-order valence-corrected chi connectivity index (χ0v) is 9.94. The summed E-state index contributed by atoms with van der Waals surface area (Å²) in [5.74, 6) is 0. The van der Waals surface area contributed by atoms with Crippen molar-refractivity contribution in [3.05, 3.63) is 23.8 Å². The van der Waals surface area contributed by atoms with E-state index in [0.29, 0.717) is 17.1 Å². The Balaban J connectivity index is 3.01. The van der Waals surface area contributed by atoms with Crippen LogP contribution in [-0.2, 0) is 4.74 Å². The number of nitrogens with zero attached hydrogens (tertiary/aromatic N) is 1. The minimum Gasteiger partial charge on any atom is -0.364 e. The highest BCUT2D eigenvalue weighted by Gasteiger charge is 2.13. The van der Waals surface area contributed by atoms with E-state index in [0.717, 1.165) is 0 Å². The molecule has 1 atom stereocenters. The van der Waals surface area contributed by atoms with Crippen LogP contribution in [-0.4, -0.2) is 28.4 Å². The van der Waals surface area contributed by atoms with Crippen LogP contribution in [0.25, 0.3) is 0 Å². The van der Waals surface area contributed by atoms with Crippen molar-refractivity contribution in [1.82, 2.24) is 0 Å². The first-order valence-corrected chi connectivity index (χ1v) is 5.98. The minimum atomic E-state index is -1.06. The number of aliphatic hydroxyl groups excluding tert-OH is 1. The van der Waals surface area contributed by atoms with E-state index in [9.17, 15) is 5.11 Å². The fourth-order valence-corrected chi connectivity index (χ4v) is 1.82. The first-order valence-electron chi connectivity index (χ1n) is 4.75. The molecule has 0 fully saturated rings. The monoisotopic (exact) mass is 245 g/mol. The average Bonchev–Trinajstić information content (AvgIpc) is 2.28. The van der Waals surface area contributed by atoms with Crippen molar-refractivity contribution < 1.29 is 20.3 Å². The maximum atomic E-state index is 9.58. The molecule has 1 aromatic rings. The molecule has 90 valence electrons. The third-order valence-electron chi connectivity index (χ3n) is 2.03. The van der Waals surface area contributed by atoms with Crippen LogP contribution in [0.15, 0.2) is 23.1 Å². The van der Waals surface area contributed by atoms with E-state index in [-0.39, 0.29) is 10.9 Å². The van der Waals surface area contributed by atoms with E-state index in [4.69, 9.17) is 15.2 Å². The third-order valence-corrected chi connectivity index (χ3v) is 2.81. The predicted molar refractivity (Wildman–Crippen MR) is 60.9 cm³/mol. The largest absolute Gasteiger partial charge is 0.364 e. The first-order chi connectivity index (χ1) is 7.60. The van der Waals surface area contributed by atoms with Gasteiger partial charge in [-0.05, 0) is 25.3 Å². The van der Waals surface area contributed by atoms with Crippen LogP contribution in [0.2, 0.25) is 0 Å². The number of thioether (sulfide) groups is 1. The molecular weight excluding hydrogens is 230 g/mol. The zero-order chi connectivity index (χ0) is 12.1. The van der Waals surface area contributed by atoms with Gasteiger partial charge < -0.3 is 9.84 Å². The number of rotatable bonds is 5. The third kappa shape index (κ3) is 3.10. The number of anilines is 1. The van der Waals surface area contributed by atoms with Gasteiger partial charge in [-0.1, -0.05) is 6.07 Å². The van der Waals surface area contributed by atoms with E-state index < -0.39 is 6.29 Å². The second-order valence-corrected chi connectivity index (χ2v) is 3.88. The van der Waals surface area contributed by atoms with Crippen LogP contribution in [0.3, 0.4) is 0 Å². The molecule has 0 aromatic heterocycles. The van der Waals surface area contributed by atoms with Gasteiger partial charge in [0.15, 0.2) is 6.29 Å². The molecule has 0 aliphatic heterocycles. The minimum absolute atomic E-state index is 0.0357. The summed E-state index contributed by atoms with van der Waals surface area (Å²) in [5.41, 5.74) is 0.687. The Hall–Kier alpha value is -0.790. The number of benzene rings is 1. The fourth-order valence-electron chi connectivity index (χ4n) is 1.27. The smallest absolute Gasteiger partial charge is 0.181 e. The summed E-state index contributed by atoms with van der Waals surface area (Å²) in [4.78, 5) is 0.692. The molecule has 0 saturated heterocycles. The molecule has 0 heterocycles. The molecule has 5 nitrogen and oxygen atoms in total. The van der Waals surface area contributed by atoms with E-state index in [1.807, 2.05) is 6.26 Å². The van der Waals surface area contributed by atoms with Crippen LogP contribution < -0.4 is 5.23 Å². The fraction of sp³-hybridized carbons (Fsp3) is 0.400. The molecule has 0 radical (unpaired) electrons. The summed E-state index contributed by atoms with van der Waals surface area (Å²) in [5, 5.41) is 27.7. The number of hydrogen-bond donors (Lipinski definition) is 3. The quantitative estimate of drug-likeness (QED) is 0.419. The van der Waals surface area contributed by atoms with Gasteiger partial charge in [-0.15, -0.1) is 17.0 Å². The Bertz CT molecular complexity index is 346. The van der Waals surface area contributed by atoms with Crippen molar-refractivity contribution >= 4 is 17.4 Å². The van der Waals surface area contributed by atoms with Gasteiger partial charge in [0.05, 0.1) is 0 Å². The topological polar surface area (TPSA) is 73.2 Å². The van der Waals surface area contributed by atoms with Gasteiger partial charge in [-0.2, -0.15) is 0 Å². The van der Waals surface area contributed by atoms with Crippen molar-refractivity contribution in [3.8, 4) is 0 Å². The molecule has 1 rings (SSSR count). The lowest BCUT2D eigenvalue weighted by atomic mass is 10.2. The zero-order valence-electron chi connectivity index (χ0n) is 9.12. The van der Waals surface area contributed by atoms with Gasteiger partial charge in [0, 0.05) is 17.1 Å². The molecular formula is C10H15NO4S. The normalized spacial score (nSPS) is 12.6. The molecule has 6 heteroatoms. The second kappa shape index (κ2) is 6.07. The molecule has 1 aromatic carbocycles. The predicted octanol–water partition coefficient (Wildman–Crippen LogP) is 2.02.